The summed E-state index contributed by atoms with van der Waals surface area (Å²) in [6.07, 6.45) is 0.780. The number of ether oxygens (including phenoxy) is 1. The standard InChI is InChI=1S/C16H21N5O/c1-3-14-18-15(17-13-6-4-12(2)5-7-13)20-16(19-14)21-8-10-22-11-9-21/h4-7H,3,8-11H2,1-2H3,(H,17,18,19,20). The van der Waals surface area contributed by atoms with Crippen molar-refractivity contribution in [3.63, 3.8) is 0 Å². The van der Waals surface area contributed by atoms with E-state index in [1.165, 1.54) is 5.56 Å². The molecule has 0 atom stereocenters. The summed E-state index contributed by atoms with van der Waals surface area (Å²) >= 11 is 0. The summed E-state index contributed by atoms with van der Waals surface area (Å²) in [7, 11) is 0. The first kappa shape index (κ1) is 14.7. The van der Waals surface area contributed by atoms with Gasteiger partial charge in [0, 0.05) is 25.2 Å². The molecule has 0 spiro atoms. The van der Waals surface area contributed by atoms with Crippen LogP contribution in [0.5, 0.6) is 0 Å². The van der Waals surface area contributed by atoms with Gasteiger partial charge in [-0.1, -0.05) is 24.6 Å². The lowest BCUT2D eigenvalue weighted by Gasteiger charge is -2.27. The van der Waals surface area contributed by atoms with E-state index in [2.05, 4.69) is 44.2 Å². The zero-order valence-electron chi connectivity index (χ0n) is 13.0. The molecule has 1 aliphatic heterocycles. The number of nitrogens with one attached hydrogen (secondary N) is 1. The molecule has 0 saturated carbocycles. The van der Waals surface area contributed by atoms with Crippen molar-refractivity contribution in [1.29, 1.82) is 0 Å². The maximum atomic E-state index is 5.39. The minimum atomic E-state index is 0.595. The lowest BCUT2D eigenvalue weighted by molar-refractivity contribution is 0.122. The van der Waals surface area contributed by atoms with Crippen LogP contribution in [0.1, 0.15) is 18.3 Å². The van der Waals surface area contributed by atoms with Crippen LogP contribution in [0.2, 0.25) is 0 Å². The smallest absolute Gasteiger partial charge is 0.232 e. The molecular formula is C16H21N5O. The highest BCUT2D eigenvalue weighted by molar-refractivity contribution is 5.54. The molecule has 3 rings (SSSR count). The number of anilines is 3. The number of benzene rings is 1. The normalized spacial score (nSPS) is 14.9. The summed E-state index contributed by atoms with van der Waals surface area (Å²) < 4.78 is 5.39. The van der Waals surface area contributed by atoms with E-state index >= 15 is 0 Å². The summed E-state index contributed by atoms with van der Waals surface area (Å²) in [6, 6.07) is 8.18. The van der Waals surface area contributed by atoms with E-state index in [4.69, 9.17) is 4.74 Å². The molecule has 0 radical (unpaired) electrons. The molecule has 2 heterocycles. The topological polar surface area (TPSA) is 63.2 Å². The molecular weight excluding hydrogens is 278 g/mol. The third-order valence-electron chi connectivity index (χ3n) is 3.59. The monoisotopic (exact) mass is 299 g/mol. The largest absolute Gasteiger partial charge is 0.378 e. The van der Waals surface area contributed by atoms with E-state index < -0.39 is 0 Å². The highest BCUT2D eigenvalue weighted by atomic mass is 16.5. The Kier molecular flexibility index (Phi) is 4.48. The Hall–Kier alpha value is -2.21. The lowest BCUT2D eigenvalue weighted by atomic mass is 10.2. The second kappa shape index (κ2) is 6.70. The molecule has 0 unspecified atom stereocenters. The van der Waals surface area contributed by atoms with Gasteiger partial charge in [0.2, 0.25) is 11.9 Å². The van der Waals surface area contributed by atoms with E-state index in [1.54, 1.807) is 0 Å². The fraction of sp³-hybridized carbons (Fsp3) is 0.438. The number of morpholine rings is 1. The molecule has 22 heavy (non-hydrogen) atoms. The van der Waals surface area contributed by atoms with Gasteiger partial charge in [0.05, 0.1) is 13.2 Å². The van der Waals surface area contributed by atoms with Gasteiger partial charge in [-0.25, -0.2) is 0 Å². The number of aryl methyl sites for hydroxylation is 2. The van der Waals surface area contributed by atoms with Crippen LogP contribution >= 0.6 is 0 Å². The zero-order chi connectivity index (χ0) is 15.4. The summed E-state index contributed by atoms with van der Waals surface area (Å²) in [4.78, 5) is 15.7. The van der Waals surface area contributed by atoms with Crippen molar-refractivity contribution in [2.45, 2.75) is 20.3 Å². The highest BCUT2D eigenvalue weighted by Crippen LogP contribution is 2.17. The second-order valence-electron chi connectivity index (χ2n) is 5.32. The van der Waals surface area contributed by atoms with Crippen LogP contribution < -0.4 is 10.2 Å². The van der Waals surface area contributed by atoms with Crippen molar-refractivity contribution in [2.75, 3.05) is 36.5 Å². The maximum absolute atomic E-state index is 5.39. The van der Waals surface area contributed by atoms with Crippen LogP contribution in [-0.4, -0.2) is 41.3 Å². The summed E-state index contributed by atoms with van der Waals surface area (Å²) in [5.41, 5.74) is 2.20. The number of rotatable bonds is 4. The molecule has 1 fully saturated rings. The fourth-order valence-electron chi connectivity index (χ4n) is 2.29. The van der Waals surface area contributed by atoms with Gasteiger partial charge in [-0.05, 0) is 19.1 Å². The number of aromatic nitrogens is 3. The van der Waals surface area contributed by atoms with Crippen LogP contribution in [0.25, 0.3) is 0 Å². The summed E-state index contributed by atoms with van der Waals surface area (Å²) in [5, 5.41) is 3.27. The Morgan fingerprint density at radius 3 is 2.50 bits per heavy atom. The second-order valence-corrected chi connectivity index (χ2v) is 5.32. The van der Waals surface area contributed by atoms with E-state index in [1.807, 2.05) is 19.1 Å². The lowest BCUT2D eigenvalue weighted by Crippen LogP contribution is -2.37. The first-order valence-electron chi connectivity index (χ1n) is 7.66. The van der Waals surface area contributed by atoms with E-state index in [9.17, 15) is 0 Å². The molecule has 1 aromatic heterocycles. The third kappa shape index (κ3) is 3.51. The molecule has 0 aliphatic carbocycles. The van der Waals surface area contributed by atoms with Crippen LogP contribution in [0.4, 0.5) is 17.6 Å². The molecule has 2 aromatic rings. The van der Waals surface area contributed by atoms with Gasteiger partial charge >= 0.3 is 0 Å². The minimum Gasteiger partial charge on any atom is -0.378 e. The minimum absolute atomic E-state index is 0.595. The first-order chi connectivity index (χ1) is 10.7. The summed E-state index contributed by atoms with van der Waals surface area (Å²) in [6.45, 7) is 7.18. The average molecular weight is 299 g/mol. The van der Waals surface area contributed by atoms with Gasteiger partial charge in [0.25, 0.3) is 0 Å². The van der Waals surface area contributed by atoms with Crippen molar-refractivity contribution in [1.82, 2.24) is 15.0 Å². The van der Waals surface area contributed by atoms with Gasteiger partial charge in [-0.3, -0.25) is 0 Å². The van der Waals surface area contributed by atoms with Gasteiger partial charge in [0.1, 0.15) is 5.82 Å². The quantitative estimate of drug-likeness (QED) is 0.935. The molecule has 116 valence electrons. The average Bonchev–Trinajstić information content (AvgIpc) is 2.57. The van der Waals surface area contributed by atoms with Crippen molar-refractivity contribution in [2.24, 2.45) is 0 Å². The first-order valence-corrected chi connectivity index (χ1v) is 7.66. The predicted molar refractivity (Wildman–Crippen MR) is 86.7 cm³/mol. The van der Waals surface area contributed by atoms with Crippen molar-refractivity contribution in [3.8, 4) is 0 Å². The Bertz CT molecular complexity index is 623. The Labute approximate surface area is 130 Å². The van der Waals surface area contributed by atoms with Crippen LogP contribution in [-0.2, 0) is 11.2 Å². The van der Waals surface area contributed by atoms with E-state index in [-0.39, 0.29) is 0 Å². The number of hydrogen-bond donors (Lipinski definition) is 1. The highest BCUT2D eigenvalue weighted by Gasteiger charge is 2.16. The molecule has 1 aromatic carbocycles. The van der Waals surface area contributed by atoms with E-state index in [0.29, 0.717) is 19.2 Å². The van der Waals surface area contributed by atoms with Crippen LogP contribution in [0.3, 0.4) is 0 Å². The molecule has 6 heteroatoms. The van der Waals surface area contributed by atoms with Gasteiger partial charge in [-0.15, -0.1) is 0 Å². The molecule has 1 saturated heterocycles. The van der Waals surface area contributed by atoms with Crippen LogP contribution in [0.15, 0.2) is 24.3 Å². The molecule has 1 N–H and O–H groups in total. The van der Waals surface area contributed by atoms with Crippen molar-refractivity contribution >= 4 is 17.6 Å². The Morgan fingerprint density at radius 1 is 1.09 bits per heavy atom. The summed E-state index contributed by atoms with van der Waals surface area (Å²) in [5.74, 6) is 2.12. The van der Waals surface area contributed by atoms with Gasteiger partial charge < -0.3 is 15.0 Å². The molecule has 0 bridgehead atoms. The number of nitrogens with zero attached hydrogens (tertiary/aromatic N) is 4. The molecule has 6 nitrogen and oxygen atoms in total. The van der Waals surface area contributed by atoms with E-state index in [0.717, 1.165) is 37.0 Å². The van der Waals surface area contributed by atoms with Crippen molar-refractivity contribution in [3.05, 3.63) is 35.7 Å². The molecule has 0 amide bonds. The third-order valence-corrected chi connectivity index (χ3v) is 3.59. The molecule has 1 aliphatic rings. The van der Waals surface area contributed by atoms with Crippen LogP contribution in [0, 0.1) is 6.92 Å². The maximum Gasteiger partial charge on any atom is 0.232 e. The zero-order valence-corrected chi connectivity index (χ0v) is 13.0. The SMILES string of the molecule is CCc1nc(Nc2ccc(C)cc2)nc(N2CCOCC2)n1. The Balaban J connectivity index is 1.84. The number of hydrogen-bond acceptors (Lipinski definition) is 6. The van der Waals surface area contributed by atoms with Gasteiger partial charge in [0.15, 0.2) is 0 Å². The fourth-order valence-corrected chi connectivity index (χ4v) is 2.29. The van der Waals surface area contributed by atoms with Gasteiger partial charge in [-0.2, -0.15) is 15.0 Å². The predicted octanol–water partition coefficient (Wildman–Crippen LogP) is 2.32. The Morgan fingerprint density at radius 2 is 1.82 bits per heavy atom. The van der Waals surface area contributed by atoms with Crippen molar-refractivity contribution < 1.29 is 4.74 Å².